The summed E-state index contributed by atoms with van der Waals surface area (Å²) in [4.78, 5) is 10.4. The van der Waals surface area contributed by atoms with E-state index < -0.39 is 17.5 Å². The molecule has 1 aliphatic rings. The molecular weight excluding hydrogens is 365 g/mol. The maximum atomic E-state index is 14.5. The van der Waals surface area contributed by atoms with Crippen molar-refractivity contribution in [2.75, 3.05) is 18.0 Å². The molecule has 0 unspecified atom stereocenters. The van der Waals surface area contributed by atoms with Gasteiger partial charge in [-0.15, -0.1) is 0 Å². The molecule has 1 fully saturated rings. The first-order valence-electron chi connectivity index (χ1n) is 8.48. The van der Waals surface area contributed by atoms with Gasteiger partial charge in [-0.05, 0) is 12.8 Å². The van der Waals surface area contributed by atoms with E-state index in [1.165, 1.54) is 0 Å². The summed E-state index contributed by atoms with van der Waals surface area (Å²) >= 11 is 6.33. The molecule has 1 aliphatic heterocycles. The van der Waals surface area contributed by atoms with Crippen molar-refractivity contribution >= 4 is 23.2 Å². The van der Waals surface area contributed by atoms with E-state index in [4.69, 9.17) is 11.6 Å². The Bertz CT molecular complexity index is 941. The fourth-order valence-electron chi connectivity index (χ4n) is 3.49. The van der Waals surface area contributed by atoms with Crippen molar-refractivity contribution in [3.8, 4) is 11.1 Å². The summed E-state index contributed by atoms with van der Waals surface area (Å²) < 4.78 is 44.1. The van der Waals surface area contributed by atoms with Crippen molar-refractivity contribution in [2.24, 2.45) is 0 Å². The standard InChI is InChI=1S/C18H16ClF3N4/c19-16-15(14-12(21)9-11(20)10-13(14)22)17(25-6-3-1-2-4-7-25)26-8-5-23-18(26)24-16/h5,8-10H,1-4,6-7H2. The Kier molecular flexibility index (Phi) is 4.48. The van der Waals surface area contributed by atoms with Gasteiger partial charge in [0.2, 0.25) is 5.78 Å². The van der Waals surface area contributed by atoms with E-state index >= 15 is 0 Å². The lowest BCUT2D eigenvalue weighted by Crippen LogP contribution is -2.27. The molecule has 0 radical (unpaired) electrons. The van der Waals surface area contributed by atoms with Crippen LogP contribution in [0.4, 0.5) is 19.0 Å². The lowest BCUT2D eigenvalue weighted by molar-refractivity contribution is 0.547. The number of hydrogen-bond donors (Lipinski definition) is 0. The second kappa shape index (κ2) is 6.79. The Balaban J connectivity index is 2.03. The first-order chi connectivity index (χ1) is 12.6. The predicted octanol–water partition coefficient (Wildman–Crippen LogP) is 4.85. The van der Waals surface area contributed by atoms with Crippen molar-refractivity contribution in [3.63, 3.8) is 0 Å². The third kappa shape index (κ3) is 2.90. The minimum Gasteiger partial charge on any atom is -0.357 e. The first kappa shape index (κ1) is 17.1. The Labute approximate surface area is 153 Å². The van der Waals surface area contributed by atoms with Crippen LogP contribution in [0.1, 0.15) is 25.7 Å². The van der Waals surface area contributed by atoms with Crippen LogP contribution in [0.3, 0.4) is 0 Å². The van der Waals surface area contributed by atoms with Crippen LogP contribution in [0.2, 0.25) is 5.15 Å². The molecule has 0 bridgehead atoms. The quantitative estimate of drug-likeness (QED) is 0.596. The number of hydrogen-bond acceptors (Lipinski definition) is 3. The van der Waals surface area contributed by atoms with Gasteiger partial charge in [-0.3, -0.25) is 4.40 Å². The van der Waals surface area contributed by atoms with Crippen molar-refractivity contribution < 1.29 is 13.2 Å². The Hall–Kier alpha value is -2.28. The summed E-state index contributed by atoms with van der Waals surface area (Å²) in [6, 6.07) is 1.30. The summed E-state index contributed by atoms with van der Waals surface area (Å²) in [5, 5.41) is -0.0626. The Morgan fingerprint density at radius 1 is 0.923 bits per heavy atom. The molecule has 4 rings (SSSR count). The molecule has 3 heterocycles. The number of fused-ring (bicyclic) bond motifs is 1. The van der Waals surface area contributed by atoms with E-state index in [0.717, 1.165) is 38.8 Å². The molecule has 0 atom stereocenters. The molecule has 1 aromatic carbocycles. The van der Waals surface area contributed by atoms with E-state index in [1.54, 1.807) is 16.8 Å². The van der Waals surface area contributed by atoms with Gasteiger partial charge < -0.3 is 4.90 Å². The highest BCUT2D eigenvalue weighted by Gasteiger charge is 2.26. The minimum atomic E-state index is -1.01. The molecule has 4 nitrogen and oxygen atoms in total. The van der Waals surface area contributed by atoms with Gasteiger partial charge in [-0.1, -0.05) is 24.4 Å². The fourth-order valence-corrected chi connectivity index (χ4v) is 3.74. The minimum absolute atomic E-state index is 0.0626. The summed E-state index contributed by atoms with van der Waals surface area (Å²) in [6.07, 6.45) is 7.35. The highest BCUT2D eigenvalue weighted by atomic mass is 35.5. The molecule has 136 valence electrons. The molecule has 0 N–H and O–H groups in total. The largest absolute Gasteiger partial charge is 0.357 e. The van der Waals surface area contributed by atoms with Crippen LogP contribution in [0.5, 0.6) is 0 Å². The monoisotopic (exact) mass is 380 g/mol. The average molecular weight is 381 g/mol. The molecule has 8 heteroatoms. The van der Waals surface area contributed by atoms with Gasteiger partial charge in [-0.2, -0.15) is 4.98 Å². The van der Waals surface area contributed by atoms with Gasteiger partial charge in [-0.25, -0.2) is 18.2 Å². The lowest BCUT2D eigenvalue weighted by Gasteiger charge is -2.27. The summed E-state index contributed by atoms with van der Waals surface area (Å²) in [7, 11) is 0. The number of nitrogens with zero attached hydrogens (tertiary/aromatic N) is 4. The molecule has 0 saturated carbocycles. The third-order valence-electron chi connectivity index (χ3n) is 4.64. The van der Waals surface area contributed by atoms with Crippen molar-refractivity contribution in [1.82, 2.24) is 14.4 Å². The normalized spacial score (nSPS) is 15.5. The highest BCUT2D eigenvalue weighted by Crippen LogP contribution is 2.40. The number of halogens is 4. The van der Waals surface area contributed by atoms with Gasteiger partial charge in [0.05, 0.1) is 11.1 Å². The second-order valence-corrected chi connectivity index (χ2v) is 6.70. The second-order valence-electron chi connectivity index (χ2n) is 6.34. The maximum Gasteiger partial charge on any atom is 0.236 e. The van der Waals surface area contributed by atoms with Crippen LogP contribution in [0.15, 0.2) is 24.5 Å². The van der Waals surface area contributed by atoms with Gasteiger partial charge in [0.15, 0.2) is 0 Å². The van der Waals surface area contributed by atoms with Crippen LogP contribution in [-0.4, -0.2) is 27.5 Å². The van der Waals surface area contributed by atoms with Crippen LogP contribution < -0.4 is 4.90 Å². The van der Waals surface area contributed by atoms with Crippen LogP contribution in [0, 0.1) is 17.5 Å². The number of anilines is 1. The van der Waals surface area contributed by atoms with Crippen LogP contribution in [-0.2, 0) is 0 Å². The highest BCUT2D eigenvalue weighted by molar-refractivity contribution is 6.33. The van der Waals surface area contributed by atoms with Gasteiger partial charge in [0, 0.05) is 37.6 Å². The van der Waals surface area contributed by atoms with Crippen molar-refractivity contribution in [1.29, 1.82) is 0 Å². The van der Waals surface area contributed by atoms with Crippen molar-refractivity contribution in [2.45, 2.75) is 25.7 Å². The first-order valence-corrected chi connectivity index (χ1v) is 8.86. The molecule has 0 aliphatic carbocycles. The predicted molar refractivity (Wildman–Crippen MR) is 94.0 cm³/mol. The number of imidazole rings is 1. The van der Waals surface area contributed by atoms with E-state index in [9.17, 15) is 13.2 Å². The van der Waals surface area contributed by atoms with Gasteiger partial charge in [0.1, 0.15) is 28.4 Å². The van der Waals surface area contributed by atoms with Crippen LogP contribution >= 0.6 is 11.6 Å². The fraction of sp³-hybridized carbons (Fsp3) is 0.333. The summed E-state index contributed by atoms with van der Waals surface area (Å²) in [6.45, 7) is 1.45. The molecular formula is C18H16ClF3N4. The maximum absolute atomic E-state index is 14.5. The summed E-state index contributed by atoms with van der Waals surface area (Å²) in [5.41, 5.74) is -0.257. The third-order valence-corrected chi connectivity index (χ3v) is 4.91. The Morgan fingerprint density at radius 2 is 1.58 bits per heavy atom. The number of aromatic nitrogens is 3. The van der Waals surface area contributed by atoms with Gasteiger partial charge >= 0.3 is 0 Å². The zero-order valence-electron chi connectivity index (χ0n) is 13.9. The van der Waals surface area contributed by atoms with E-state index in [0.29, 0.717) is 23.7 Å². The molecule has 2 aromatic heterocycles. The topological polar surface area (TPSA) is 33.4 Å². The zero-order chi connectivity index (χ0) is 18.3. The van der Waals surface area contributed by atoms with E-state index in [1.807, 2.05) is 4.90 Å². The smallest absolute Gasteiger partial charge is 0.236 e. The molecule has 26 heavy (non-hydrogen) atoms. The molecule has 0 spiro atoms. The molecule has 1 saturated heterocycles. The van der Waals surface area contributed by atoms with Crippen LogP contribution in [0.25, 0.3) is 16.9 Å². The summed E-state index contributed by atoms with van der Waals surface area (Å²) in [5.74, 6) is -2.12. The Morgan fingerprint density at radius 3 is 2.23 bits per heavy atom. The number of rotatable bonds is 2. The lowest BCUT2D eigenvalue weighted by atomic mass is 10.1. The van der Waals surface area contributed by atoms with E-state index in [2.05, 4.69) is 9.97 Å². The molecule has 3 aromatic rings. The number of benzene rings is 1. The van der Waals surface area contributed by atoms with Gasteiger partial charge in [0.25, 0.3) is 0 Å². The molecule has 0 amide bonds. The van der Waals surface area contributed by atoms with E-state index in [-0.39, 0.29) is 16.3 Å². The van der Waals surface area contributed by atoms with Crippen molar-refractivity contribution in [3.05, 3.63) is 47.1 Å². The average Bonchev–Trinajstić information content (AvgIpc) is 2.87. The zero-order valence-corrected chi connectivity index (χ0v) is 14.6. The SMILES string of the molecule is Fc1cc(F)c(-c2c(Cl)nc3nccn3c2N2CCCCCC2)c(F)c1.